The summed E-state index contributed by atoms with van der Waals surface area (Å²) in [6.45, 7) is 6.93. The zero-order valence-electron chi connectivity index (χ0n) is 17.1. The van der Waals surface area contributed by atoms with E-state index in [1.807, 2.05) is 12.1 Å². The molecule has 0 unspecified atom stereocenters. The minimum absolute atomic E-state index is 0.00469. The van der Waals surface area contributed by atoms with Crippen LogP contribution in [-0.2, 0) is 16.1 Å². The number of ether oxygens (including phenoxy) is 2. The van der Waals surface area contributed by atoms with E-state index in [-0.39, 0.29) is 24.8 Å². The van der Waals surface area contributed by atoms with Crippen molar-refractivity contribution in [2.45, 2.75) is 46.3 Å². The van der Waals surface area contributed by atoms with Crippen molar-refractivity contribution in [2.75, 3.05) is 7.11 Å². The summed E-state index contributed by atoms with van der Waals surface area (Å²) in [6.07, 6.45) is -0.691. The lowest BCUT2D eigenvalue weighted by Gasteiger charge is -2.18. The van der Waals surface area contributed by atoms with Gasteiger partial charge in [0.05, 0.1) is 20.1 Å². The predicted octanol–water partition coefficient (Wildman–Crippen LogP) is 2.65. The second-order valence-corrected chi connectivity index (χ2v) is 7.15. The van der Waals surface area contributed by atoms with Gasteiger partial charge in [0, 0.05) is 11.3 Å². The number of aromatic nitrogens is 2. The highest BCUT2D eigenvalue weighted by molar-refractivity contribution is 5.99. The van der Waals surface area contributed by atoms with Crippen LogP contribution in [0.1, 0.15) is 40.0 Å². The average molecular weight is 403 g/mol. The van der Waals surface area contributed by atoms with Gasteiger partial charge >= 0.3 is 6.09 Å². The van der Waals surface area contributed by atoms with Crippen molar-refractivity contribution in [2.24, 2.45) is 5.10 Å². The van der Waals surface area contributed by atoms with E-state index in [0.717, 1.165) is 11.3 Å². The Morgan fingerprint density at radius 2 is 1.90 bits per heavy atom. The van der Waals surface area contributed by atoms with Crippen LogP contribution in [0.2, 0.25) is 0 Å². The zero-order valence-corrected chi connectivity index (χ0v) is 17.1. The maximum absolute atomic E-state index is 12.0. The van der Waals surface area contributed by atoms with Crippen molar-refractivity contribution in [3.8, 4) is 17.1 Å². The van der Waals surface area contributed by atoms with Crippen LogP contribution in [0.4, 0.5) is 4.79 Å². The first-order valence-electron chi connectivity index (χ1n) is 8.92. The van der Waals surface area contributed by atoms with Gasteiger partial charge in [-0.25, -0.2) is 10.2 Å². The van der Waals surface area contributed by atoms with Gasteiger partial charge in [-0.15, -0.1) is 0 Å². The van der Waals surface area contributed by atoms with Crippen molar-refractivity contribution in [1.82, 2.24) is 20.9 Å². The van der Waals surface area contributed by atoms with E-state index < -0.39 is 11.7 Å². The first-order chi connectivity index (χ1) is 13.7. The first kappa shape index (κ1) is 21.9. The highest BCUT2D eigenvalue weighted by Gasteiger charge is 2.16. The minimum atomic E-state index is -0.686. The average Bonchev–Trinajstić information content (AvgIpc) is 3.12. The van der Waals surface area contributed by atoms with Gasteiger partial charge in [-0.3, -0.25) is 4.79 Å². The Labute approximate surface area is 168 Å². The number of hydrogen-bond acceptors (Lipinski definition) is 8. The minimum Gasteiger partial charge on any atom is -0.497 e. The highest BCUT2D eigenvalue weighted by Crippen LogP contribution is 2.19. The number of carbonyl (C=O) groups excluding carboxylic acids is 2. The lowest BCUT2D eigenvalue weighted by Crippen LogP contribution is -2.31. The van der Waals surface area contributed by atoms with Crippen LogP contribution < -0.4 is 15.5 Å². The molecule has 0 aliphatic heterocycles. The normalized spacial score (nSPS) is 11.7. The molecule has 2 rings (SSSR count). The van der Waals surface area contributed by atoms with Crippen molar-refractivity contribution in [1.29, 1.82) is 0 Å². The van der Waals surface area contributed by atoms with E-state index in [2.05, 4.69) is 26.0 Å². The van der Waals surface area contributed by atoms with Gasteiger partial charge < -0.3 is 19.3 Å². The summed E-state index contributed by atoms with van der Waals surface area (Å²) in [5.41, 5.74) is 2.80. The maximum atomic E-state index is 12.0. The molecule has 0 aliphatic rings. The van der Waals surface area contributed by atoms with E-state index in [0.29, 0.717) is 11.5 Å². The van der Waals surface area contributed by atoms with E-state index in [4.69, 9.17) is 14.0 Å². The van der Waals surface area contributed by atoms with Crippen molar-refractivity contribution in [3.05, 3.63) is 30.2 Å². The largest absolute Gasteiger partial charge is 0.497 e. The van der Waals surface area contributed by atoms with Crippen LogP contribution in [0.3, 0.4) is 0 Å². The molecule has 2 N–H and O–H groups in total. The highest BCUT2D eigenvalue weighted by atomic mass is 16.6. The fraction of sp³-hybridized carbons (Fsp3) is 0.421. The first-order valence-corrected chi connectivity index (χ1v) is 8.92. The number of methoxy groups -OCH3 is 1. The molecule has 0 radical (unpaired) electrons. The van der Waals surface area contributed by atoms with Gasteiger partial charge in [0.15, 0.2) is 0 Å². The molecule has 2 aromatic rings. The summed E-state index contributed by atoms with van der Waals surface area (Å²) in [7, 11) is 1.59. The summed E-state index contributed by atoms with van der Waals surface area (Å²) in [5, 5.41) is 10.4. The fourth-order valence-electron chi connectivity index (χ4n) is 2.13. The van der Waals surface area contributed by atoms with Gasteiger partial charge in [-0.1, -0.05) is 5.16 Å². The molecule has 0 fully saturated rings. The number of hydrazone groups is 1. The molecule has 1 aromatic carbocycles. The molecule has 0 bridgehead atoms. The van der Waals surface area contributed by atoms with Crippen LogP contribution in [0.5, 0.6) is 5.75 Å². The molecule has 156 valence electrons. The number of rotatable bonds is 7. The van der Waals surface area contributed by atoms with E-state index in [9.17, 15) is 9.59 Å². The number of nitrogens with one attached hydrogen (secondary N) is 2. The summed E-state index contributed by atoms with van der Waals surface area (Å²) in [6, 6.07) is 7.20. The van der Waals surface area contributed by atoms with Crippen LogP contribution in [0, 0.1) is 0 Å². The third-order valence-electron chi connectivity index (χ3n) is 3.41. The Bertz CT molecular complexity index is 868. The van der Waals surface area contributed by atoms with E-state index >= 15 is 0 Å². The van der Waals surface area contributed by atoms with E-state index in [1.54, 1.807) is 46.9 Å². The zero-order chi connectivity index (χ0) is 21.4. The number of carbonyl (C=O) groups is 2. The van der Waals surface area contributed by atoms with Crippen molar-refractivity contribution in [3.63, 3.8) is 0 Å². The molecule has 10 heteroatoms. The number of hydrogen-bond donors (Lipinski definition) is 2. The molecule has 0 spiro atoms. The van der Waals surface area contributed by atoms with Crippen LogP contribution in [0.25, 0.3) is 11.4 Å². The molecule has 2 amide bonds. The Kier molecular flexibility index (Phi) is 7.29. The molecule has 0 aliphatic carbocycles. The van der Waals surface area contributed by atoms with Crippen LogP contribution in [0.15, 0.2) is 33.9 Å². The molecule has 0 saturated carbocycles. The van der Waals surface area contributed by atoms with Gasteiger partial charge in [0.1, 0.15) is 11.4 Å². The number of nitrogens with zero attached hydrogens (tertiary/aromatic N) is 3. The second-order valence-electron chi connectivity index (χ2n) is 7.15. The topological polar surface area (TPSA) is 128 Å². The smallest absolute Gasteiger partial charge is 0.428 e. The van der Waals surface area contributed by atoms with Gasteiger partial charge in [-0.2, -0.15) is 10.1 Å². The lowest BCUT2D eigenvalue weighted by molar-refractivity contribution is -0.120. The lowest BCUT2D eigenvalue weighted by atomic mass is 10.2. The summed E-state index contributed by atoms with van der Waals surface area (Å²) in [5.74, 6) is 1.10. The second kappa shape index (κ2) is 9.67. The molecule has 29 heavy (non-hydrogen) atoms. The van der Waals surface area contributed by atoms with Gasteiger partial charge in [-0.05, 0) is 52.0 Å². The Morgan fingerprint density at radius 3 is 2.52 bits per heavy atom. The monoisotopic (exact) mass is 403 g/mol. The Hall–Kier alpha value is -3.43. The summed E-state index contributed by atoms with van der Waals surface area (Å²) < 4.78 is 15.3. The van der Waals surface area contributed by atoms with Crippen molar-refractivity contribution < 1.29 is 23.6 Å². The molecule has 0 saturated heterocycles. The molecule has 0 atom stereocenters. The third-order valence-corrected chi connectivity index (χ3v) is 3.41. The molecule has 1 heterocycles. The standard InChI is InChI=1S/C19H25N5O5/c1-12(22-23-18(26)28-19(2,3)4)10-15(25)20-11-16-21-17(24-29-16)13-6-8-14(27-5)9-7-13/h6-9H,10-11H2,1-5H3,(H,20,25)(H,23,26)/b22-12-. The fourth-order valence-corrected chi connectivity index (χ4v) is 2.13. The molecular formula is C19H25N5O5. The van der Waals surface area contributed by atoms with Crippen LogP contribution >= 0.6 is 0 Å². The summed E-state index contributed by atoms with van der Waals surface area (Å²) >= 11 is 0. The molecular weight excluding hydrogens is 378 g/mol. The predicted molar refractivity (Wildman–Crippen MR) is 105 cm³/mol. The number of amides is 2. The molecule has 10 nitrogen and oxygen atoms in total. The summed E-state index contributed by atoms with van der Waals surface area (Å²) in [4.78, 5) is 27.8. The molecule has 1 aromatic heterocycles. The quantitative estimate of drug-likeness (QED) is 0.537. The third kappa shape index (κ3) is 7.60. The van der Waals surface area contributed by atoms with Gasteiger partial charge in [0.2, 0.25) is 17.6 Å². The Morgan fingerprint density at radius 1 is 1.21 bits per heavy atom. The Balaban J connectivity index is 1.81. The van der Waals surface area contributed by atoms with Gasteiger partial charge in [0.25, 0.3) is 0 Å². The maximum Gasteiger partial charge on any atom is 0.428 e. The number of benzene rings is 1. The van der Waals surface area contributed by atoms with Crippen molar-refractivity contribution >= 4 is 17.7 Å². The van der Waals surface area contributed by atoms with E-state index in [1.165, 1.54) is 0 Å². The SMILES string of the molecule is COc1ccc(-c2noc(CNC(=O)C/C(C)=N\NC(=O)OC(C)(C)C)n2)cc1. The van der Waals surface area contributed by atoms with Crippen LogP contribution in [-0.4, -0.2) is 40.6 Å².